The Hall–Kier alpha value is -1.21. The lowest BCUT2D eigenvalue weighted by atomic mass is 10.2. The third-order valence-corrected chi connectivity index (χ3v) is 3.70. The van der Waals surface area contributed by atoms with E-state index in [1.54, 1.807) is 31.2 Å². The fraction of sp³-hybridized carbons (Fsp3) is 0.500. The van der Waals surface area contributed by atoms with Crippen molar-refractivity contribution in [3.05, 3.63) is 29.8 Å². The van der Waals surface area contributed by atoms with Crippen LogP contribution in [0, 0.1) is 6.92 Å². The van der Waals surface area contributed by atoms with Crippen LogP contribution in [0.5, 0.6) is 0 Å². The molecular formula is C14H17F3O3S. The number of thioether (sulfide) groups is 1. The molecule has 118 valence electrons. The largest absolute Gasteiger partial charge is 0.448 e. The first kappa shape index (κ1) is 17.8. The van der Waals surface area contributed by atoms with Crippen LogP contribution in [0.1, 0.15) is 25.3 Å². The molecule has 0 heterocycles. The van der Waals surface area contributed by atoms with Gasteiger partial charge in [0.25, 0.3) is 0 Å². The molecule has 1 rings (SSSR count). The monoisotopic (exact) mass is 322 g/mol. The number of hydrogen-bond acceptors (Lipinski definition) is 4. The predicted octanol–water partition coefficient (Wildman–Crippen LogP) is 3.68. The van der Waals surface area contributed by atoms with Crippen molar-refractivity contribution in [2.45, 2.75) is 49.3 Å². The van der Waals surface area contributed by atoms with Gasteiger partial charge < -0.3 is 9.84 Å². The van der Waals surface area contributed by atoms with Crippen molar-refractivity contribution in [3.8, 4) is 0 Å². The Morgan fingerprint density at radius 1 is 1.33 bits per heavy atom. The number of ether oxygens (including phenoxy) is 1. The number of alkyl halides is 3. The molecule has 7 heteroatoms. The molecule has 1 aromatic carbocycles. The number of carbonyl (C=O) groups excluding carboxylic acids is 1. The van der Waals surface area contributed by atoms with Crippen LogP contribution in [0.2, 0.25) is 0 Å². The maximum atomic E-state index is 12.6. The summed E-state index contributed by atoms with van der Waals surface area (Å²) >= 11 is 0.674. The van der Waals surface area contributed by atoms with Gasteiger partial charge in [-0.2, -0.15) is 13.2 Å². The molecule has 0 saturated heterocycles. The summed E-state index contributed by atoms with van der Waals surface area (Å²) in [6, 6.07) is 6.69. The second kappa shape index (κ2) is 7.70. The van der Waals surface area contributed by atoms with E-state index in [0.717, 1.165) is 5.56 Å². The van der Waals surface area contributed by atoms with Gasteiger partial charge in [0.2, 0.25) is 0 Å². The first-order valence-corrected chi connectivity index (χ1v) is 7.29. The van der Waals surface area contributed by atoms with E-state index in [0.29, 0.717) is 23.1 Å². The second-order valence-corrected chi connectivity index (χ2v) is 5.70. The van der Waals surface area contributed by atoms with E-state index in [2.05, 4.69) is 0 Å². The Morgan fingerprint density at radius 3 is 2.38 bits per heavy atom. The summed E-state index contributed by atoms with van der Waals surface area (Å²) in [5.74, 6) is -0.759. The van der Waals surface area contributed by atoms with E-state index in [1.165, 1.54) is 0 Å². The molecule has 1 aromatic rings. The Kier molecular flexibility index (Phi) is 6.54. The molecular weight excluding hydrogens is 305 g/mol. The van der Waals surface area contributed by atoms with E-state index in [-0.39, 0.29) is 6.42 Å². The third-order valence-electron chi connectivity index (χ3n) is 2.57. The van der Waals surface area contributed by atoms with Gasteiger partial charge >= 0.3 is 12.1 Å². The van der Waals surface area contributed by atoms with Crippen LogP contribution in [-0.2, 0) is 9.53 Å². The van der Waals surface area contributed by atoms with Gasteiger partial charge in [-0.05, 0) is 25.5 Å². The number of esters is 1. The Labute approximate surface area is 125 Å². The van der Waals surface area contributed by atoms with Crippen LogP contribution in [0.4, 0.5) is 13.2 Å². The average Bonchev–Trinajstić information content (AvgIpc) is 2.39. The molecule has 21 heavy (non-hydrogen) atoms. The fourth-order valence-electron chi connectivity index (χ4n) is 1.45. The van der Waals surface area contributed by atoms with Gasteiger partial charge in [0, 0.05) is 11.3 Å². The second-order valence-electron chi connectivity index (χ2n) is 4.53. The van der Waals surface area contributed by atoms with Crippen LogP contribution in [-0.4, -0.2) is 28.8 Å². The lowest BCUT2D eigenvalue weighted by Crippen LogP contribution is -2.40. The summed E-state index contributed by atoms with van der Waals surface area (Å²) in [5.41, 5.74) is -0.762. The highest BCUT2D eigenvalue weighted by Crippen LogP contribution is 2.34. The topological polar surface area (TPSA) is 46.5 Å². The molecule has 0 aromatic heterocycles. The standard InChI is InChI=1S/C14H17F3O3S/c1-3-4-11(18)20-13(12(19)14(15,16)17)21-10-7-5-9(2)6-8-10/h5-8,12-13,19H,3-4H2,1-2H3. The molecule has 2 unspecified atom stereocenters. The molecule has 0 amide bonds. The summed E-state index contributed by atoms with van der Waals surface area (Å²) in [7, 11) is 0. The van der Waals surface area contributed by atoms with E-state index in [1.807, 2.05) is 6.92 Å². The number of hydrogen-bond donors (Lipinski definition) is 1. The van der Waals surface area contributed by atoms with Gasteiger partial charge in [0.05, 0.1) is 0 Å². The number of aliphatic hydroxyl groups is 1. The lowest BCUT2D eigenvalue weighted by molar-refractivity contribution is -0.222. The lowest BCUT2D eigenvalue weighted by Gasteiger charge is -2.24. The first-order chi connectivity index (χ1) is 9.74. The van der Waals surface area contributed by atoms with Crippen LogP contribution >= 0.6 is 11.8 Å². The number of halogens is 3. The molecule has 1 N–H and O–H groups in total. The molecule has 2 atom stereocenters. The van der Waals surface area contributed by atoms with Crippen LogP contribution < -0.4 is 0 Å². The maximum absolute atomic E-state index is 12.6. The molecule has 0 aliphatic carbocycles. The Bertz CT molecular complexity index is 460. The number of carbonyl (C=O) groups is 1. The van der Waals surface area contributed by atoms with Crippen LogP contribution in [0.25, 0.3) is 0 Å². The summed E-state index contributed by atoms with van der Waals surface area (Å²) in [6.45, 7) is 3.56. The summed E-state index contributed by atoms with van der Waals surface area (Å²) in [4.78, 5) is 11.9. The Balaban J connectivity index is 2.85. The van der Waals surface area contributed by atoms with E-state index < -0.39 is 23.7 Å². The van der Waals surface area contributed by atoms with Gasteiger partial charge in [0.1, 0.15) is 0 Å². The minimum atomic E-state index is -4.85. The minimum Gasteiger partial charge on any atom is -0.448 e. The van der Waals surface area contributed by atoms with Crippen LogP contribution in [0.3, 0.4) is 0 Å². The van der Waals surface area contributed by atoms with Gasteiger partial charge in [-0.15, -0.1) is 0 Å². The molecule has 0 aliphatic heterocycles. The number of aryl methyl sites for hydroxylation is 1. The van der Waals surface area contributed by atoms with Crippen molar-refractivity contribution < 1.29 is 27.8 Å². The van der Waals surface area contributed by atoms with Crippen molar-refractivity contribution >= 4 is 17.7 Å². The van der Waals surface area contributed by atoms with Gasteiger partial charge in [-0.1, -0.05) is 36.4 Å². The summed E-state index contributed by atoms with van der Waals surface area (Å²) in [5, 5.41) is 9.36. The predicted molar refractivity (Wildman–Crippen MR) is 73.9 cm³/mol. The number of rotatable bonds is 6. The summed E-state index contributed by atoms with van der Waals surface area (Å²) < 4.78 is 42.7. The van der Waals surface area contributed by atoms with E-state index >= 15 is 0 Å². The molecule has 0 spiro atoms. The maximum Gasteiger partial charge on any atom is 0.418 e. The molecule has 0 fully saturated rings. The molecule has 3 nitrogen and oxygen atoms in total. The van der Waals surface area contributed by atoms with Crippen molar-refractivity contribution in [2.24, 2.45) is 0 Å². The number of aliphatic hydroxyl groups excluding tert-OH is 1. The Morgan fingerprint density at radius 2 is 1.90 bits per heavy atom. The van der Waals surface area contributed by atoms with Crippen LogP contribution in [0.15, 0.2) is 29.2 Å². The highest BCUT2D eigenvalue weighted by Gasteiger charge is 2.46. The number of benzene rings is 1. The van der Waals surface area contributed by atoms with Gasteiger partial charge in [0.15, 0.2) is 11.5 Å². The highest BCUT2D eigenvalue weighted by atomic mass is 32.2. The van der Waals surface area contributed by atoms with Crippen molar-refractivity contribution in [1.82, 2.24) is 0 Å². The van der Waals surface area contributed by atoms with Crippen molar-refractivity contribution in [3.63, 3.8) is 0 Å². The quantitative estimate of drug-likeness (QED) is 0.493. The average molecular weight is 322 g/mol. The zero-order chi connectivity index (χ0) is 16.0. The van der Waals surface area contributed by atoms with Gasteiger partial charge in [-0.3, -0.25) is 4.79 Å². The minimum absolute atomic E-state index is 0.00946. The smallest absolute Gasteiger partial charge is 0.418 e. The zero-order valence-electron chi connectivity index (χ0n) is 11.7. The summed E-state index contributed by atoms with van der Waals surface area (Å²) in [6.07, 6.45) is -7.11. The molecule has 0 aliphatic rings. The van der Waals surface area contributed by atoms with Gasteiger partial charge in [-0.25, -0.2) is 0 Å². The first-order valence-electron chi connectivity index (χ1n) is 6.41. The fourth-order valence-corrected chi connectivity index (χ4v) is 2.45. The SMILES string of the molecule is CCCC(=O)OC(Sc1ccc(C)cc1)C(O)C(F)(F)F. The van der Waals surface area contributed by atoms with Crippen molar-refractivity contribution in [1.29, 1.82) is 0 Å². The molecule has 0 radical (unpaired) electrons. The van der Waals surface area contributed by atoms with Crippen molar-refractivity contribution in [2.75, 3.05) is 0 Å². The van der Waals surface area contributed by atoms with E-state index in [4.69, 9.17) is 4.74 Å². The molecule has 0 bridgehead atoms. The third kappa shape index (κ3) is 5.97. The van der Waals surface area contributed by atoms with E-state index in [9.17, 15) is 23.1 Å². The molecule has 0 saturated carbocycles. The normalized spacial score (nSPS) is 14.6. The highest BCUT2D eigenvalue weighted by molar-refractivity contribution is 7.99. The zero-order valence-corrected chi connectivity index (χ0v) is 12.5.